The molecule has 22 heteroatoms. The number of aromatic nitrogens is 4. The minimum absolute atomic E-state index is 0.0227. The van der Waals surface area contributed by atoms with Gasteiger partial charge < -0.3 is 37.8 Å². The number of carbonyl (C=O) groups excluding carboxylic acids is 1. The number of benzene rings is 5. The van der Waals surface area contributed by atoms with Crippen LogP contribution in [0.15, 0.2) is 116 Å². The molecule has 1 fully saturated rings. The highest BCUT2D eigenvalue weighted by atomic mass is 35.5. The molecule has 0 saturated carbocycles. The number of nitrogens with zero attached hydrogens (tertiary/aromatic N) is 6. The first-order valence-corrected chi connectivity index (χ1v) is 28.0. The summed E-state index contributed by atoms with van der Waals surface area (Å²) < 4.78 is 72.9. The Morgan fingerprint density at radius 1 is 0.835 bits per heavy atom. The molecule has 0 amide bonds. The van der Waals surface area contributed by atoms with Crippen LogP contribution in [0.5, 0.6) is 28.9 Å². The number of quaternary nitrogens is 1. The normalized spacial score (nSPS) is 14.6. The second-order valence-corrected chi connectivity index (χ2v) is 21.8. The standard InChI is InChI=1S/C57H56Cl2FN6O11PS/c1-35-47(36(2)51(59)52(50(35)58)73-30-27-65-25-28-66(3,29-26-65)77-78(68,69)72-6)48-49-55(62-34-63-56(49)79-53(48)38-17-19-40(60)20-18-38)76-46(57(67)75-32-37-15-21-42(70-4)22-16-37)31-39-11-7-9-13-44(39)74-33-41-23-24-61-54(64-41)43-12-8-10-14-45(43)71-5/h7-24,34,46H,25-33H2,1-6H3. The Morgan fingerprint density at radius 3 is 2.23 bits per heavy atom. The minimum Gasteiger partial charge on any atom is -0.752 e. The molecule has 3 aromatic heterocycles. The van der Waals surface area contributed by atoms with Gasteiger partial charge in [0.25, 0.3) is 0 Å². The number of likely N-dealkylation sites (N-methyl/N-ethyl adjacent to an activating group) is 1. The van der Waals surface area contributed by atoms with E-state index in [4.69, 9.17) is 71.2 Å². The van der Waals surface area contributed by atoms with Crippen molar-refractivity contribution in [2.75, 3.05) is 67.7 Å². The number of halogens is 3. The maximum atomic E-state index is 14.6. The fourth-order valence-corrected chi connectivity index (χ4v) is 11.5. The van der Waals surface area contributed by atoms with Crippen molar-refractivity contribution in [3.63, 3.8) is 0 Å². The highest BCUT2D eigenvalue weighted by molar-refractivity contribution is 7.45. The van der Waals surface area contributed by atoms with E-state index in [0.29, 0.717) is 110 Å². The molecule has 17 nitrogen and oxygen atoms in total. The van der Waals surface area contributed by atoms with Crippen molar-refractivity contribution in [1.29, 1.82) is 0 Å². The van der Waals surface area contributed by atoms with Gasteiger partial charge >= 0.3 is 13.8 Å². The third-order valence-corrected chi connectivity index (χ3v) is 16.5. The van der Waals surface area contributed by atoms with E-state index in [2.05, 4.69) is 14.4 Å². The number of piperazine rings is 1. The maximum absolute atomic E-state index is 14.6. The number of carbonyl (C=O) groups is 1. The Bertz CT molecular complexity index is 3490. The molecule has 4 heterocycles. The lowest BCUT2D eigenvalue weighted by atomic mass is 9.92. The molecule has 0 radical (unpaired) electrons. The van der Waals surface area contributed by atoms with Gasteiger partial charge in [-0.25, -0.2) is 29.1 Å². The number of thiophene rings is 1. The summed E-state index contributed by atoms with van der Waals surface area (Å²) in [6, 6.07) is 29.8. The van der Waals surface area contributed by atoms with Gasteiger partial charge in [-0.2, -0.15) is 4.65 Å². The molecule has 79 heavy (non-hydrogen) atoms. The van der Waals surface area contributed by atoms with E-state index in [0.717, 1.165) is 18.2 Å². The Hall–Kier alpha value is -6.77. The zero-order valence-corrected chi connectivity index (χ0v) is 47.3. The summed E-state index contributed by atoms with van der Waals surface area (Å²) in [4.78, 5) is 48.6. The smallest absolute Gasteiger partial charge is 0.348 e. The fourth-order valence-electron chi connectivity index (χ4n) is 9.14. The van der Waals surface area contributed by atoms with Crippen LogP contribution in [-0.2, 0) is 42.9 Å². The molecule has 1 aliphatic heterocycles. The number of phosphoric ester groups is 1. The van der Waals surface area contributed by atoms with Crippen molar-refractivity contribution in [1.82, 2.24) is 24.8 Å². The van der Waals surface area contributed by atoms with Gasteiger partial charge in [0.2, 0.25) is 12.0 Å². The fraction of sp³-hybridized carbons (Fsp3) is 0.281. The van der Waals surface area contributed by atoms with Crippen LogP contribution in [0.1, 0.15) is 27.9 Å². The van der Waals surface area contributed by atoms with Crippen molar-refractivity contribution >= 4 is 58.5 Å². The van der Waals surface area contributed by atoms with E-state index in [1.165, 1.54) is 29.8 Å². The maximum Gasteiger partial charge on any atom is 0.348 e. The number of esters is 1. The molecule has 5 aromatic carbocycles. The van der Waals surface area contributed by atoms with Crippen molar-refractivity contribution in [3.05, 3.63) is 159 Å². The number of ether oxygens (including phenoxy) is 6. The Balaban J connectivity index is 1.05. The molecule has 0 spiro atoms. The van der Waals surface area contributed by atoms with E-state index in [1.54, 1.807) is 76.0 Å². The van der Waals surface area contributed by atoms with Gasteiger partial charge in [-0.1, -0.05) is 77.8 Å². The molecular weight excluding hydrogens is 1100 g/mol. The molecule has 0 bridgehead atoms. The predicted molar refractivity (Wildman–Crippen MR) is 297 cm³/mol. The lowest BCUT2D eigenvalue weighted by Gasteiger charge is -2.41. The number of hydrogen-bond acceptors (Lipinski definition) is 17. The monoisotopic (exact) mass is 1150 g/mol. The molecule has 412 valence electrons. The Kier molecular flexibility index (Phi) is 18.1. The number of para-hydroxylation sites is 2. The molecule has 8 aromatic rings. The first kappa shape index (κ1) is 56.9. The molecule has 1 aliphatic rings. The van der Waals surface area contributed by atoms with Gasteiger partial charge in [0, 0.05) is 36.7 Å². The average molecular weight is 1150 g/mol. The van der Waals surface area contributed by atoms with Crippen LogP contribution in [0.3, 0.4) is 0 Å². The van der Waals surface area contributed by atoms with E-state index in [9.17, 15) is 18.6 Å². The quantitative estimate of drug-likeness (QED) is 0.0354. The van der Waals surface area contributed by atoms with Gasteiger partial charge in [-0.3, -0.25) is 9.46 Å². The van der Waals surface area contributed by atoms with Crippen LogP contribution >= 0.6 is 42.4 Å². The number of hydroxylamine groups is 3. The van der Waals surface area contributed by atoms with Gasteiger partial charge in [0.05, 0.1) is 61.0 Å². The average Bonchev–Trinajstić information content (AvgIpc) is 4.08. The van der Waals surface area contributed by atoms with E-state index in [-0.39, 0.29) is 52.6 Å². The topological polar surface area (TPSA) is 186 Å². The summed E-state index contributed by atoms with van der Waals surface area (Å²) in [5.74, 6) is 1.46. The molecular formula is C57H56Cl2FN6O11PS. The zero-order valence-electron chi connectivity index (χ0n) is 44.1. The van der Waals surface area contributed by atoms with Crippen molar-refractivity contribution in [3.8, 4) is 61.8 Å². The molecule has 0 N–H and O–H groups in total. The van der Waals surface area contributed by atoms with Gasteiger partial charge in [0.15, 0.2) is 11.6 Å². The van der Waals surface area contributed by atoms with Crippen LogP contribution in [0.2, 0.25) is 10.0 Å². The first-order valence-electron chi connectivity index (χ1n) is 25.0. The molecule has 0 aliphatic carbocycles. The summed E-state index contributed by atoms with van der Waals surface area (Å²) in [6.07, 6.45) is 1.69. The highest BCUT2D eigenvalue weighted by Gasteiger charge is 2.36. The van der Waals surface area contributed by atoms with Crippen molar-refractivity contribution < 1.29 is 60.9 Å². The minimum atomic E-state index is -4.44. The third kappa shape index (κ3) is 13.3. The lowest BCUT2D eigenvalue weighted by Crippen LogP contribution is -2.57. The van der Waals surface area contributed by atoms with Crippen LogP contribution in [0.4, 0.5) is 4.39 Å². The molecule has 1 saturated heterocycles. The first-order chi connectivity index (χ1) is 38.1. The Morgan fingerprint density at radius 2 is 1.53 bits per heavy atom. The second kappa shape index (κ2) is 25.1. The molecule has 9 rings (SSSR count). The number of rotatable bonds is 22. The third-order valence-electron chi connectivity index (χ3n) is 13.4. The highest BCUT2D eigenvalue weighted by Crippen LogP contribution is 2.53. The van der Waals surface area contributed by atoms with Crippen LogP contribution in [-0.4, -0.2) is 109 Å². The lowest BCUT2D eigenvalue weighted by molar-refractivity contribution is -1.07. The van der Waals surface area contributed by atoms with E-state index >= 15 is 0 Å². The summed E-state index contributed by atoms with van der Waals surface area (Å²) in [6.45, 7) is 6.26. The van der Waals surface area contributed by atoms with Crippen LogP contribution < -0.4 is 28.6 Å². The molecule has 2 unspecified atom stereocenters. The van der Waals surface area contributed by atoms with Gasteiger partial charge in [-0.05, 0) is 95.8 Å². The van der Waals surface area contributed by atoms with Gasteiger partial charge in [-0.15, -0.1) is 16.0 Å². The van der Waals surface area contributed by atoms with Crippen LogP contribution in [0, 0.1) is 19.7 Å². The number of methoxy groups -OCH3 is 2. The molecule has 2 atom stereocenters. The summed E-state index contributed by atoms with van der Waals surface area (Å²) in [5.41, 5.74) is 5.78. The van der Waals surface area contributed by atoms with E-state index < -0.39 is 25.7 Å². The largest absolute Gasteiger partial charge is 0.752 e. The van der Waals surface area contributed by atoms with Crippen molar-refractivity contribution in [2.45, 2.75) is 39.6 Å². The Labute approximate surface area is 470 Å². The van der Waals surface area contributed by atoms with Crippen molar-refractivity contribution in [2.24, 2.45) is 0 Å². The van der Waals surface area contributed by atoms with Gasteiger partial charge in [0.1, 0.15) is 67.1 Å². The summed E-state index contributed by atoms with van der Waals surface area (Å²) in [5, 5.41) is 0.959. The number of fused-ring (bicyclic) bond motifs is 1. The van der Waals surface area contributed by atoms with Crippen LogP contribution in [0.25, 0.3) is 43.2 Å². The summed E-state index contributed by atoms with van der Waals surface area (Å²) >= 11 is 15.9. The van der Waals surface area contributed by atoms with E-state index in [1.807, 2.05) is 56.3 Å². The number of hydrogen-bond donors (Lipinski definition) is 0. The number of phosphoric acid groups is 1. The predicted octanol–water partition coefficient (Wildman–Crippen LogP) is 11.1. The second-order valence-electron chi connectivity index (χ2n) is 18.6. The summed E-state index contributed by atoms with van der Waals surface area (Å²) in [7, 11) is 1.49. The SMILES string of the molecule is COc1ccc(COC(=O)C(Cc2ccccc2OCc2ccnc(-c3ccccc3OC)n2)Oc2ncnc3sc(-c4ccc(F)cc4)c(-c4c(C)c(Cl)c(OCCN5CC[N+](C)(OP(=O)([O-])OC)CC5)c(Cl)c4C)c23)cc1. The zero-order chi connectivity index (χ0) is 55.8.